The molecule has 0 aromatic heterocycles. The van der Waals surface area contributed by atoms with Crippen molar-refractivity contribution in [2.75, 3.05) is 5.32 Å². The van der Waals surface area contributed by atoms with Crippen molar-refractivity contribution in [3.8, 4) is 0 Å². The lowest BCUT2D eigenvalue weighted by molar-refractivity contribution is -0.110. The zero-order valence-electron chi connectivity index (χ0n) is 10.4. The zero-order chi connectivity index (χ0) is 13.4. The van der Waals surface area contributed by atoms with Gasteiger partial charge in [-0.25, -0.2) is 0 Å². The van der Waals surface area contributed by atoms with Crippen LogP contribution in [0.1, 0.15) is 16.7 Å². The third kappa shape index (κ3) is 2.42. The van der Waals surface area contributed by atoms with Crippen molar-refractivity contribution in [3.63, 3.8) is 0 Å². The van der Waals surface area contributed by atoms with Gasteiger partial charge in [-0.3, -0.25) is 4.79 Å². The molecule has 0 spiro atoms. The fourth-order valence-corrected chi connectivity index (χ4v) is 2.62. The minimum atomic E-state index is -0.0300. The fraction of sp³-hybridized carbons (Fsp3) is 0.0625. The topological polar surface area (TPSA) is 29.1 Å². The fourth-order valence-electron chi connectivity index (χ4n) is 2.13. The number of carbonyl (C=O) groups excluding carboxylic acids is 1. The van der Waals surface area contributed by atoms with E-state index in [2.05, 4.69) is 47.0 Å². The van der Waals surface area contributed by atoms with Crippen molar-refractivity contribution in [1.29, 1.82) is 0 Å². The van der Waals surface area contributed by atoms with Gasteiger partial charge in [0.1, 0.15) is 0 Å². The summed E-state index contributed by atoms with van der Waals surface area (Å²) < 4.78 is 1.13. The van der Waals surface area contributed by atoms with Crippen LogP contribution in [0.25, 0.3) is 11.6 Å². The summed E-state index contributed by atoms with van der Waals surface area (Å²) >= 11 is 2.26. The number of carbonyl (C=O) groups is 1. The Balaban J connectivity index is 2.08. The molecule has 0 fully saturated rings. The predicted molar refractivity (Wildman–Crippen MR) is 86.8 cm³/mol. The summed E-state index contributed by atoms with van der Waals surface area (Å²) in [6.45, 7) is 2.05. The van der Waals surface area contributed by atoms with Gasteiger partial charge in [-0.2, -0.15) is 0 Å². The smallest absolute Gasteiger partial charge is 0.256 e. The molecule has 19 heavy (non-hydrogen) atoms. The third-order valence-electron chi connectivity index (χ3n) is 3.15. The summed E-state index contributed by atoms with van der Waals surface area (Å²) in [6.07, 6.45) is 1.94. The number of fused-ring (bicyclic) bond motifs is 1. The molecule has 1 N–H and O–H groups in total. The normalized spacial score (nSPS) is 15.5. The SMILES string of the molecule is Cc1ccc(C=C2C(=O)Nc3ccc(I)cc32)cc1. The number of halogens is 1. The number of benzene rings is 2. The van der Waals surface area contributed by atoms with E-state index in [1.807, 2.05) is 36.4 Å². The molecule has 0 saturated carbocycles. The van der Waals surface area contributed by atoms with Gasteiger partial charge in [0, 0.05) is 20.4 Å². The molecule has 2 nitrogen and oxygen atoms in total. The van der Waals surface area contributed by atoms with Crippen LogP contribution in [0.15, 0.2) is 42.5 Å². The number of aryl methyl sites for hydroxylation is 1. The van der Waals surface area contributed by atoms with Gasteiger partial charge >= 0.3 is 0 Å². The molecular formula is C16H12INO. The molecular weight excluding hydrogens is 349 g/mol. The first-order chi connectivity index (χ1) is 9.13. The van der Waals surface area contributed by atoms with Crippen molar-refractivity contribution in [2.24, 2.45) is 0 Å². The molecule has 1 amide bonds. The standard InChI is InChI=1S/C16H12INO/c1-10-2-4-11(5-3-10)8-14-13-9-12(17)6-7-15(13)18-16(14)19/h2-9H,1H3,(H,18,19). The van der Waals surface area contributed by atoms with Gasteiger partial charge in [0.2, 0.25) is 0 Å². The summed E-state index contributed by atoms with van der Waals surface area (Å²) in [5.74, 6) is -0.0300. The van der Waals surface area contributed by atoms with Gasteiger partial charge in [-0.1, -0.05) is 29.8 Å². The van der Waals surface area contributed by atoms with E-state index in [4.69, 9.17) is 0 Å². The summed E-state index contributed by atoms with van der Waals surface area (Å²) in [4.78, 5) is 12.0. The van der Waals surface area contributed by atoms with Gasteiger partial charge in [0.05, 0.1) is 0 Å². The Morgan fingerprint density at radius 2 is 1.84 bits per heavy atom. The Morgan fingerprint density at radius 1 is 1.11 bits per heavy atom. The molecule has 0 saturated heterocycles. The second-order valence-electron chi connectivity index (χ2n) is 4.61. The molecule has 3 rings (SSSR count). The van der Waals surface area contributed by atoms with E-state index in [0.717, 1.165) is 26.0 Å². The molecule has 2 aromatic carbocycles. The van der Waals surface area contributed by atoms with Crippen LogP contribution in [-0.4, -0.2) is 5.91 Å². The minimum Gasteiger partial charge on any atom is -0.321 e. The Kier molecular flexibility index (Phi) is 3.14. The summed E-state index contributed by atoms with van der Waals surface area (Å²) in [5.41, 5.74) is 4.87. The molecule has 0 aliphatic carbocycles. The monoisotopic (exact) mass is 361 g/mol. The molecule has 3 heteroatoms. The van der Waals surface area contributed by atoms with Gasteiger partial charge in [-0.05, 0) is 59.4 Å². The van der Waals surface area contributed by atoms with Crippen molar-refractivity contribution in [3.05, 3.63) is 62.7 Å². The van der Waals surface area contributed by atoms with E-state index >= 15 is 0 Å². The highest BCUT2D eigenvalue weighted by Gasteiger charge is 2.23. The molecule has 1 heterocycles. The van der Waals surface area contributed by atoms with Crippen LogP contribution >= 0.6 is 22.6 Å². The number of amides is 1. The lowest BCUT2D eigenvalue weighted by Gasteiger charge is -2.00. The first-order valence-corrected chi connectivity index (χ1v) is 7.11. The maximum atomic E-state index is 12.0. The second kappa shape index (κ2) is 4.81. The number of hydrogen-bond acceptors (Lipinski definition) is 1. The second-order valence-corrected chi connectivity index (χ2v) is 5.86. The quantitative estimate of drug-likeness (QED) is 0.602. The van der Waals surface area contributed by atoms with E-state index in [1.165, 1.54) is 5.56 Å². The van der Waals surface area contributed by atoms with E-state index in [1.54, 1.807) is 0 Å². The number of nitrogens with one attached hydrogen (secondary N) is 1. The maximum absolute atomic E-state index is 12.0. The molecule has 0 radical (unpaired) electrons. The van der Waals surface area contributed by atoms with Crippen LogP contribution in [0.2, 0.25) is 0 Å². The molecule has 2 aromatic rings. The van der Waals surface area contributed by atoms with E-state index in [9.17, 15) is 4.79 Å². The van der Waals surface area contributed by atoms with Gasteiger partial charge < -0.3 is 5.32 Å². The average molecular weight is 361 g/mol. The van der Waals surface area contributed by atoms with E-state index in [0.29, 0.717) is 0 Å². The molecule has 1 aliphatic heterocycles. The molecule has 94 valence electrons. The van der Waals surface area contributed by atoms with Crippen LogP contribution in [0.4, 0.5) is 5.69 Å². The summed E-state index contributed by atoms with van der Waals surface area (Å²) in [5, 5.41) is 2.90. The van der Waals surface area contributed by atoms with E-state index in [-0.39, 0.29) is 5.91 Å². The van der Waals surface area contributed by atoms with Crippen molar-refractivity contribution in [2.45, 2.75) is 6.92 Å². The lowest BCUT2D eigenvalue weighted by atomic mass is 10.0. The third-order valence-corrected chi connectivity index (χ3v) is 3.82. The Bertz CT molecular complexity index is 686. The largest absolute Gasteiger partial charge is 0.321 e. The van der Waals surface area contributed by atoms with Gasteiger partial charge in [0.25, 0.3) is 5.91 Å². The van der Waals surface area contributed by atoms with E-state index < -0.39 is 0 Å². The Morgan fingerprint density at radius 3 is 2.58 bits per heavy atom. The van der Waals surface area contributed by atoms with Crippen LogP contribution in [0.5, 0.6) is 0 Å². The highest BCUT2D eigenvalue weighted by Crippen LogP contribution is 2.34. The first-order valence-electron chi connectivity index (χ1n) is 6.03. The molecule has 0 unspecified atom stereocenters. The Labute approximate surface area is 125 Å². The maximum Gasteiger partial charge on any atom is 0.256 e. The predicted octanol–water partition coefficient (Wildman–Crippen LogP) is 4.09. The number of rotatable bonds is 1. The van der Waals surface area contributed by atoms with Crippen molar-refractivity contribution < 1.29 is 4.79 Å². The first kappa shape index (κ1) is 12.4. The summed E-state index contributed by atoms with van der Waals surface area (Å²) in [6, 6.07) is 14.1. The molecule has 1 aliphatic rings. The van der Waals surface area contributed by atoms with Crippen LogP contribution in [0, 0.1) is 10.5 Å². The molecule has 0 bridgehead atoms. The van der Waals surface area contributed by atoms with Crippen LogP contribution < -0.4 is 5.32 Å². The Hall–Kier alpha value is -1.62. The van der Waals surface area contributed by atoms with Crippen LogP contribution in [0.3, 0.4) is 0 Å². The zero-order valence-corrected chi connectivity index (χ0v) is 12.6. The lowest BCUT2D eigenvalue weighted by Crippen LogP contribution is -2.03. The molecule has 0 atom stereocenters. The summed E-state index contributed by atoms with van der Waals surface area (Å²) in [7, 11) is 0. The van der Waals surface area contributed by atoms with Gasteiger partial charge in [-0.15, -0.1) is 0 Å². The van der Waals surface area contributed by atoms with Crippen molar-refractivity contribution in [1.82, 2.24) is 0 Å². The number of hydrogen-bond donors (Lipinski definition) is 1. The van der Waals surface area contributed by atoms with Crippen molar-refractivity contribution >= 4 is 45.8 Å². The van der Waals surface area contributed by atoms with Crippen LogP contribution in [-0.2, 0) is 4.79 Å². The average Bonchev–Trinajstić information content (AvgIpc) is 2.69. The minimum absolute atomic E-state index is 0.0300. The highest BCUT2D eigenvalue weighted by atomic mass is 127. The highest BCUT2D eigenvalue weighted by molar-refractivity contribution is 14.1. The number of anilines is 1. The van der Waals surface area contributed by atoms with Gasteiger partial charge in [0.15, 0.2) is 0 Å².